The van der Waals surface area contributed by atoms with E-state index in [1.807, 2.05) is 42.5 Å². The molecule has 4 aromatic rings. The lowest BCUT2D eigenvalue weighted by Gasteiger charge is -2.11. The Kier molecular flexibility index (Phi) is 9.61. The average molecular weight is 563 g/mol. The number of ether oxygens (including phenoxy) is 4. The Morgan fingerprint density at radius 2 is 1.40 bits per heavy atom. The maximum Gasteiger partial charge on any atom is 0.262 e. The zero-order chi connectivity index (χ0) is 28.4. The highest BCUT2D eigenvalue weighted by Gasteiger charge is 2.14. The Hall–Kier alpha value is -4.54. The Morgan fingerprint density at radius 3 is 2.08 bits per heavy atom. The number of carbonyl (C=O) groups excluding carboxylic acids is 1. The highest BCUT2D eigenvalue weighted by molar-refractivity contribution is 7.89. The fraction of sp³-hybridized carbons (Fsp3) is 0.167. The molecule has 0 bridgehead atoms. The largest absolute Gasteiger partial charge is 0.493 e. The molecule has 0 aliphatic rings. The molecule has 0 fully saturated rings. The van der Waals surface area contributed by atoms with Gasteiger partial charge in [0, 0.05) is 12.2 Å². The van der Waals surface area contributed by atoms with Crippen LogP contribution in [0.25, 0.3) is 0 Å². The predicted molar refractivity (Wildman–Crippen MR) is 152 cm³/mol. The Labute approximate surface area is 233 Å². The molecule has 0 saturated carbocycles. The summed E-state index contributed by atoms with van der Waals surface area (Å²) in [5.41, 5.74) is 1.49. The average Bonchev–Trinajstić information content (AvgIpc) is 2.97. The monoisotopic (exact) mass is 562 g/mol. The van der Waals surface area contributed by atoms with Gasteiger partial charge in [-0.25, -0.2) is 13.1 Å². The maximum absolute atomic E-state index is 12.7. The summed E-state index contributed by atoms with van der Waals surface area (Å²) >= 11 is 0. The third-order valence-electron chi connectivity index (χ3n) is 5.77. The zero-order valence-electron chi connectivity index (χ0n) is 22.1. The van der Waals surface area contributed by atoms with Crippen molar-refractivity contribution in [1.82, 2.24) is 4.72 Å². The number of hydrogen-bond donors (Lipinski definition) is 2. The topological polar surface area (TPSA) is 112 Å². The molecule has 0 spiro atoms. The van der Waals surface area contributed by atoms with E-state index >= 15 is 0 Å². The van der Waals surface area contributed by atoms with Crippen molar-refractivity contribution in [3.8, 4) is 28.7 Å². The molecule has 1 amide bonds. The van der Waals surface area contributed by atoms with E-state index in [0.717, 1.165) is 11.3 Å². The quantitative estimate of drug-likeness (QED) is 0.235. The minimum absolute atomic E-state index is 0.0921. The van der Waals surface area contributed by atoms with E-state index in [4.69, 9.17) is 18.9 Å². The first-order chi connectivity index (χ1) is 19.4. The van der Waals surface area contributed by atoms with Crippen LogP contribution < -0.4 is 29.0 Å². The molecule has 0 atom stereocenters. The fourth-order valence-corrected chi connectivity index (χ4v) is 4.77. The number of nitrogens with one attached hydrogen (secondary N) is 2. The third kappa shape index (κ3) is 7.98. The first-order valence-corrected chi connectivity index (χ1v) is 13.9. The molecule has 0 unspecified atom stereocenters. The first kappa shape index (κ1) is 28.5. The van der Waals surface area contributed by atoms with Gasteiger partial charge in [-0.15, -0.1) is 0 Å². The van der Waals surface area contributed by atoms with Gasteiger partial charge in [0.1, 0.15) is 17.2 Å². The summed E-state index contributed by atoms with van der Waals surface area (Å²) in [6, 6.07) is 27.7. The molecule has 0 radical (unpaired) electrons. The van der Waals surface area contributed by atoms with Crippen molar-refractivity contribution in [2.45, 2.75) is 11.3 Å². The summed E-state index contributed by atoms with van der Waals surface area (Å²) in [5.74, 6) is 2.56. The second-order valence-corrected chi connectivity index (χ2v) is 10.4. The maximum atomic E-state index is 12.7. The number of anilines is 1. The SMILES string of the molecule is COc1ccc(CCNS(=O)(=O)c2ccc(OCC(=O)Nc3ccc(Oc4ccccc4)cc3)cc2)cc1OC. The van der Waals surface area contributed by atoms with Crippen molar-refractivity contribution in [3.63, 3.8) is 0 Å². The number of rotatable bonds is 13. The van der Waals surface area contributed by atoms with E-state index in [-0.39, 0.29) is 24.0 Å². The number of benzene rings is 4. The van der Waals surface area contributed by atoms with Crippen LogP contribution in [0.1, 0.15) is 5.56 Å². The number of hydrogen-bond acceptors (Lipinski definition) is 7. The molecule has 0 aromatic heterocycles. The lowest BCUT2D eigenvalue weighted by Crippen LogP contribution is -2.26. The van der Waals surface area contributed by atoms with Crippen LogP contribution in [0.2, 0.25) is 0 Å². The molecule has 0 aliphatic carbocycles. The lowest BCUT2D eigenvalue weighted by molar-refractivity contribution is -0.118. The van der Waals surface area contributed by atoms with Crippen LogP contribution in [0.3, 0.4) is 0 Å². The Morgan fingerprint density at radius 1 is 0.750 bits per heavy atom. The second-order valence-electron chi connectivity index (χ2n) is 8.58. The van der Waals surface area contributed by atoms with Crippen LogP contribution in [0.15, 0.2) is 102 Å². The van der Waals surface area contributed by atoms with E-state index in [2.05, 4.69) is 10.0 Å². The fourth-order valence-electron chi connectivity index (χ4n) is 3.74. The van der Waals surface area contributed by atoms with Crippen molar-refractivity contribution < 1.29 is 32.2 Å². The van der Waals surface area contributed by atoms with E-state index < -0.39 is 10.0 Å². The molecule has 2 N–H and O–H groups in total. The van der Waals surface area contributed by atoms with E-state index in [0.29, 0.717) is 35.1 Å². The molecule has 40 heavy (non-hydrogen) atoms. The van der Waals surface area contributed by atoms with Crippen molar-refractivity contribution in [2.75, 3.05) is 32.7 Å². The highest BCUT2D eigenvalue weighted by Crippen LogP contribution is 2.28. The molecule has 4 aromatic carbocycles. The summed E-state index contributed by atoms with van der Waals surface area (Å²) < 4.78 is 49.7. The van der Waals surface area contributed by atoms with E-state index in [1.54, 1.807) is 44.6 Å². The van der Waals surface area contributed by atoms with Crippen molar-refractivity contribution in [2.24, 2.45) is 0 Å². The zero-order valence-corrected chi connectivity index (χ0v) is 22.9. The van der Waals surface area contributed by atoms with Crippen molar-refractivity contribution >= 4 is 21.6 Å². The third-order valence-corrected chi connectivity index (χ3v) is 7.25. The van der Waals surface area contributed by atoms with Gasteiger partial charge < -0.3 is 24.3 Å². The number of sulfonamides is 1. The van der Waals surface area contributed by atoms with Gasteiger partial charge in [0.25, 0.3) is 5.91 Å². The van der Waals surface area contributed by atoms with Gasteiger partial charge in [0.15, 0.2) is 18.1 Å². The van der Waals surface area contributed by atoms with Gasteiger partial charge in [-0.05, 0) is 84.8 Å². The number of para-hydroxylation sites is 1. The predicted octanol–water partition coefficient (Wildman–Crippen LogP) is 5.03. The minimum atomic E-state index is -3.72. The van der Waals surface area contributed by atoms with Crippen LogP contribution in [-0.4, -0.2) is 41.7 Å². The molecule has 0 saturated heterocycles. The molecule has 208 valence electrons. The highest BCUT2D eigenvalue weighted by atomic mass is 32.2. The molecule has 9 nitrogen and oxygen atoms in total. The summed E-state index contributed by atoms with van der Waals surface area (Å²) in [5, 5.41) is 2.75. The summed E-state index contributed by atoms with van der Waals surface area (Å²) in [7, 11) is -0.620. The van der Waals surface area contributed by atoms with Crippen molar-refractivity contribution in [1.29, 1.82) is 0 Å². The van der Waals surface area contributed by atoms with E-state index in [9.17, 15) is 13.2 Å². The number of amides is 1. The van der Waals surface area contributed by atoms with Gasteiger partial charge in [-0.1, -0.05) is 24.3 Å². The Bertz CT molecular complexity index is 1510. The smallest absolute Gasteiger partial charge is 0.262 e. The van der Waals surface area contributed by atoms with Crippen LogP contribution >= 0.6 is 0 Å². The number of methoxy groups -OCH3 is 2. The normalized spacial score (nSPS) is 10.9. The van der Waals surface area contributed by atoms with Gasteiger partial charge in [-0.3, -0.25) is 4.79 Å². The van der Waals surface area contributed by atoms with Gasteiger partial charge >= 0.3 is 0 Å². The van der Waals surface area contributed by atoms with Crippen LogP contribution in [0.4, 0.5) is 5.69 Å². The number of carbonyl (C=O) groups is 1. The summed E-state index contributed by atoms with van der Waals surface area (Å²) in [6.07, 6.45) is 0.471. The molecule has 0 heterocycles. The van der Waals surface area contributed by atoms with Crippen molar-refractivity contribution in [3.05, 3.63) is 103 Å². The Balaban J connectivity index is 1.23. The van der Waals surface area contributed by atoms with Crippen LogP contribution in [-0.2, 0) is 21.2 Å². The lowest BCUT2D eigenvalue weighted by atomic mass is 10.1. The minimum Gasteiger partial charge on any atom is -0.493 e. The second kappa shape index (κ2) is 13.5. The first-order valence-electron chi connectivity index (χ1n) is 12.4. The summed E-state index contributed by atoms with van der Waals surface area (Å²) in [6.45, 7) is -0.0342. The standard InChI is InChI=1S/C30H30N2O7S/c1-36-28-17-8-22(20-29(28)37-2)18-19-31-40(34,35)27-15-13-24(14-16-27)38-21-30(33)32-23-9-11-26(12-10-23)39-25-6-4-3-5-7-25/h3-17,20,31H,18-19,21H2,1-2H3,(H,32,33). The summed E-state index contributed by atoms with van der Waals surface area (Å²) in [4.78, 5) is 12.4. The van der Waals surface area contributed by atoms with Crippen LogP contribution in [0.5, 0.6) is 28.7 Å². The van der Waals surface area contributed by atoms with Gasteiger partial charge in [0.2, 0.25) is 10.0 Å². The van der Waals surface area contributed by atoms with Gasteiger partial charge in [0.05, 0.1) is 19.1 Å². The molecule has 10 heteroatoms. The molecular weight excluding hydrogens is 532 g/mol. The van der Waals surface area contributed by atoms with Crippen LogP contribution in [0, 0.1) is 0 Å². The van der Waals surface area contributed by atoms with E-state index in [1.165, 1.54) is 24.3 Å². The molecule has 4 rings (SSSR count). The molecule has 0 aliphatic heterocycles. The molecular formula is C30H30N2O7S. The van der Waals surface area contributed by atoms with Gasteiger partial charge in [-0.2, -0.15) is 0 Å².